The van der Waals surface area contributed by atoms with Gasteiger partial charge in [0.25, 0.3) is 0 Å². The number of rotatable bonds is 27. The molecule has 2 heteroatoms. The smallest absolute Gasteiger partial charge is 0.101 e. The van der Waals surface area contributed by atoms with Gasteiger partial charge in [-0.15, -0.1) is 0 Å². The van der Waals surface area contributed by atoms with Gasteiger partial charge in [0.2, 0.25) is 0 Å². The van der Waals surface area contributed by atoms with Crippen molar-refractivity contribution in [3.8, 4) is 0 Å². The van der Waals surface area contributed by atoms with Crippen LogP contribution < -0.4 is 0 Å². The first-order valence-electron chi connectivity index (χ1n) is 16.5. The van der Waals surface area contributed by atoms with Gasteiger partial charge < -0.3 is 9.80 Å². The van der Waals surface area contributed by atoms with Crippen molar-refractivity contribution in [2.24, 2.45) is 0 Å². The molecule has 1 heterocycles. The van der Waals surface area contributed by atoms with Crippen LogP contribution in [0, 0.1) is 0 Å². The molecule has 0 spiro atoms. The van der Waals surface area contributed by atoms with Gasteiger partial charge in [-0.05, 0) is 25.7 Å². The summed E-state index contributed by atoms with van der Waals surface area (Å²) in [5.41, 5.74) is 0. The van der Waals surface area contributed by atoms with Crippen LogP contribution in [0.1, 0.15) is 181 Å². The number of unbranched alkanes of at least 4 members (excludes halogenated alkanes) is 21. The maximum atomic E-state index is 2.66. The van der Waals surface area contributed by atoms with Gasteiger partial charge in [0.15, 0.2) is 0 Å². The molecule has 208 valence electrons. The molecule has 2 nitrogen and oxygen atoms in total. The van der Waals surface area contributed by atoms with Gasteiger partial charge in [-0.25, -0.2) is 0 Å². The number of hydrogen-bond donors (Lipinski definition) is 0. The molecule has 0 aromatic rings. The quantitative estimate of drug-likeness (QED) is 0.106. The first kappa shape index (κ1) is 32.4. The van der Waals surface area contributed by atoms with Gasteiger partial charge >= 0.3 is 0 Å². The molecule has 0 aromatic heterocycles. The van der Waals surface area contributed by atoms with Crippen molar-refractivity contribution in [2.75, 3.05) is 13.1 Å². The Hall–Kier alpha value is -0.660. The van der Waals surface area contributed by atoms with E-state index in [0.717, 1.165) is 0 Å². The summed E-state index contributed by atoms with van der Waals surface area (Å²) >= 11 is 0. The van der Waals surface area contributed by atoms with Crippen LogP contribution in [0.4, 0.5) is 0 Å². The van der Waals surface area contributed by atoms with Crippen molar-refractivity contribution in [1.82, 2.24) is 9.80 Å². The standard InChI is InChI=1S/C33H66N2/c1-4-7-10-12-14-15-16-17-18-19-20-21-22-23-25-27-30-35-32-31-34(33(35)28-9-6-3)29-26-24-13-11-8-5-2/h31-33H,4-30H2,1-3H3. The highest BCUT2D eigenvalue weighted by Gasteiger charge is 2.24. The highest BCUT2D eigenvalue weighted by molar-refractivity contribution is 4.96. The summed E-state index contributed by atoms with van der Waals surface area (Å²) in [6.07, 6.45) is 41.1. The maximum absolute atomic E-state index is 2.66. The second-order valence-corrected chi connectivity index (χ2v) is 11.5. The van der Waals surface area contributed by atoms with Gasteiger partial charge in [-0.3, -0.25) is 0 Å². The van der Waals surface area contributed by atoms with Crippen molar-refractivity contribution in [3.63, 3.8) is 0 Å². The van der Waals surface area contributed by atoms with E-state index in [0.29, 0.717) is 6.17 Å². The van der Waals surface area contributed by atoms with Crippen LogP contribution in [-0.4, -0.2) is 29.1 Å². The van der Waals surface area contributed by atoms with Crippen LogP contribution in [-0.2, 0) is 0 Å². The van der Waals surface area contributed by atoms with E-state index < -0.39 is 0 Å². The summed E-state index contributed by atoms with van der Waals surface area (Å²) in [5, 5.41) is 0. The maximum Gasteiger partial charge on any atom is 0.101 e. The Kier molecular flexibility index (Phi) is 23.1. The SMILES string of the molecule is CCCCCCCCCCCCCCCCCCN1C=CN(CCCCCCCC)C1CCCC. The van der Waals surface area contributed by atoms with Gasteiger partial charge in [-0.1, -0.05) is 156 Å². The fourth-order valence-electron chi connectivity index (χ4n) is 5.64. The lowest BCUT2D eigenvalue weighted by atomic mass is 10.0. The molecular weight excluding hydrogens is 424 g/mol. The first-order valence-corrected chi connectivity index (χ1v) is 16.5. The molecule has 0 amide bonds. The van der Waals surface area contributed by atoms with Crippen LogP contribution in [0.2, 0.25) is 0 Å². The lowest BCUT2D eigenvalue weighted by molar-refractivity contribution is 0.136. The summed E-state index contributed by atoms with van der Waals surface area (Å²) in [5.74, 6) is 0. The van der Waals surface area contributed by atoms with Crippen molar-refractivity contribution >= 4 is 0 Å². The molecule has 0 fully saturated rings. The molecule has 0 radical (unpaired) electrons. The normalized spacial score (nSPS) is 15.6. The van der Waals surface area contributed by atoms with Crippen LogP contribution in [0.3, 0.4) is 0 Å². The molecule has 35 heavy (non-hydrogen) atoms. The molecule has 0 aromatic carbocycles. The lowest BCUT2D eigenvalue weighted by Crippen LogP contribution is -2.39. The number of hydrogen-bond acceptors (Lipinski definition) is 2. The molecule has 1 atom stereocenters. The summed E-state index contributed by atoms with van der Waals surface area (Å²) in [6.45, 7) is 9.46. The van der Waals surface area contributed by atoms with E-state index in [-0.39, 0.29) is 0 Å². The van der Waals surface area contributed by atoms with Crippen molar-refractivity contribution in [2.45, 2.75) is 187 Å². The molecule has 1 unspecified atom stereocenters. The number of nitrogens with zero attached hydrogens (tertiary/aromatic N) is 2. The van der Waals surface area contributed by atoms with Gasteiger partial charge in [0.05, 0.1) is 0 Å². The zero-order valence-electron chi connectivity index (χ0n) is 24.7. The Morgan fingerprint density at radius 2 is 0.657 bits per heavy atom. The third-order valence-corrected chi connectivity index (χ3v) is 8.07. The molecule has 0 bridgehead atoms. The Labute approximate surface area is 222 Å². The fraction of sp³-hybridized carbons (Fsp3) is 0.939. The molecule has 1 rings (SSSR count). The molecule has 0 N–H and O–H groups in total. The predicted molar refractivity (Wildman–Crippen MR) is 159 cm³/mol. The third-order valence-electron chi connectivity index (χ3n) is 8.07. The fourth-order valence-corrected chi connectivity index (χ4v) is 5.64. The minimum atomic E-state index is 0.641. The first-order chi connectivity index (χ1) is 17.3. The van der Waals surface area contributed by atoms with E-state index in [1.165, 1.54) is 174 Å². The van der Waals surface area contributed by atoms with E-state index in [4.69, 9.17) is 0 Å². The van der Waals surface area contributed by atoms with Crippen LogP contribution in [0.15, 0.2) is 12.4 Å². The molecule has 1 aliphatic rings. The topological polar surface area (TPSA) is 6.48 Å². The van der Waals surface area contributed by atoms with Crippen LogP contribution >= 0.6 is 0 Å². The summed E-state index contributed by atoms with van der Waals surface area (Å²) < 4.78 is 0. The van der Waals surface area contributed by atoms with Gasteiger partial charge in [0, 0.05) is 25.5 Å². The van der Waals surface area contributed by atoms with Crippen molar-refractivity contribution in [1.29, 1.82) is 0 Å². The van der Waals surface area contributed by atoms with E-state index in [1.807, 2.05) is 0 Å². The highest BCUT2D eigenvalue weighted by atomic mass is 15.4. The monoisotopic (exact) mass is 491 g/mol. The minimum Gasteiger partial charge on any atom is -0.356 e. The van der Waals surface area contributed by atoms with Crippen LogP contribution in [0.25, 0.3) is 0 Å². The second kappa shape index (κ2) is 25.0. The third kappa shape index (κ3) is 18.3. The predicted octanol–water partition coefficient (Wildman–Crippen LogP) is 11.2. The summed E-state index contributed by atoms with van der Waals surface area (Å²) in [4.78, 5) is 5.32. The van der Waals surface area contributed by atoms with Crippen molar-refractivity contribution in [3.05, 3.63) is 12.4 Å². The molecule has 0 saturated heterocycles. The Balaban J connectivity index is 1.99. The second-order valence-electron chi connectivity index (χ2n) is 11.5. The summed E-state index contributed by atoms with van der Waals surface area (Å²) in [7, 11) is 0. The summed E-state index contributed by atoms with van der Waals surface area (Å²) in [6, 6.07) is 0. The molecule has 0 saturated carbocycles. The Morgan fingerprint density at radius 1 is 0.371 bits per heavy atom. The molecule has 0 aliphatic carbocycles. The molecule has 1 aliphatic heterocycles. The van der Waals surface area contributed by atoms with Crippen LogP contribution in [0.5, 0.6) is 0 Å². The van der Waals surface area contributed by atoms with E-state index in [1.54, 1.807) is 0 Å². The Bertz CT molecular complexity index is 446. The Morgan fingerprint density at radius 3 is 0.971 bits per heavy atom. The van der Waals surface area contributed by atoms with Gasteiger partial charge in [-0.2, -0.15) is 0 Å². The average molecular weight is 491 g/mol. The lowest BCUT2D eigenvalue weighted by Gasteiger charge is -2.33. The van der Waals surface area contributed by atoms with Gasteiger partial charge in [0.1, 0.15) is 6.17 Å². The van der Waals surface area contributed by atoms with E-state index in [9.17, 15) is 0 Å². The zero-order valence-corrected chi connectivity index (χ0v) is 24.7. The van der Waals surface area contributed by atoms with Crippen molar-refractivity contribution < 1.29 is 0 Å². The zero-order chi connectivity index (χ0) is 25.2. The largest absolute Gasteiger partial charge is 0.356 e. The highest BCUT2D eigenvalue weighted by Crippen LogP contribution is 2.23. The minimum absolute atomic E-state index is 0.641. The average Bonchev–Trinajstić information content (AvgIpc) is 3.25. The van der Waals surface area contributed by atoms with E-state index >= 15 is 0 Å². The van der Waals surface area contributed by atoms with E-state index in [2.05, 4.69) is 43.0 Å². The molecular formula is C33H66N2.